The first kappa shape index (κ1) is 27.9. The number of carbonyl (C=O) groups is 1. The van der Waals surface area contributed by atoms with E-state index < -0.39 is 12.7 Å². The molecule has 0 saturated carbocycles. The van der Waals surface area contributed by atoms with Crippen molar-refractivity contribution < 1.29 is 18.3 Å². The highest BCUT2D eigenvalue weighted by Crippen LogP contribution is 2.36. The quantitative estimate of drug-likeness (QED) is 0.181. The largest absolute Gasteiger partial charge is 0.482 e. The third-order valence-electron chi connectivity index (χ3n) is 7.13. The van der Waals surface area contributed by atoms with Crippen molar-refractivity contribution >= 4 is 28.4 Å². The Bertz CT molecular complexity index is 1360. The number of aromatic nitrogens is 3. The number of nitrogens with two attached hydrogens (primary N) is 1. The standard InChI is InChI=1S/C18H18F2N6O.C10H15NO/c1-10(21)16(25-22)12-7-14-17(26(9-24-14)18(19)20)15(8-12)27-11(2)13-5-3-4-6-23-13;1-2-10(12)11-8-4-3-5-9(11)7-6-8/h3-9,11,18,21H,22H2,1-2H3;2,8-9H,1,3-7H2/b21-10?,25-16+;/t11-;/m1./s1. The molecular formula is C28H33F2N7O2. The molecule has 2 bridgehead atoms. The predicted molar refractivity (Wildman–Crippen MR) is 146 cm³/mol. The number of hydrogen-bond acceptors (Lipinski definition) is 7. The molecule has 3 N–H and O–H groups in total. The van der Waals surface area contributed by atoms with Crippen molar-refractivity contribution in [3.8, 4) is 5.75 Å². The van der Waals surface area contributed by atoms with Crippen LogP contribution in [-0.2, 0) is 4.79 Å². The molecule has 1 amide bonds. The van der Waals surface area contributed by atoms with Gasteiger partial charge in [0.15, 0.2) is 0 Å². The van der Waals surface area contributed by atoms with E-state index in [1.165, 1.54) is 51.2 Å². The molecule has 0 spiro atoms. The number of halogens is 2. The van der Waals surface area contributed by atoms with E-state index >= 15 is 0 Å². The Morgan fingerprint density at radius 3 is 2.51 bits per heavy atom. The van der Waals surface area contributed by atoms with Crippen LogP contribution < -0.4 is 10.6 Å². The molecule has 3 atom stereocenters. The summed E-state index contributed by atoms with van der Waals surface area (Å²) in [6.45, 7) is 4.06. The maximum absolute atomic E-state index is 13.4. The van der Waals surface area contributed by atoms with E-state index in [4.69, 9.17) is 16.0 Å². The third-order valence-corrected chi connectivity index (χ3v) is 7.13. The number of alkyl halides is 2. The summed E-state index contributed by atoms with van der Waals surface area (Å²) in [5, 5.41) is 11.4. The van der Waals surface area contributed by atoms with Gasteiger partial charge in [-0.05, 0) is 76.3 Å². The fourth-order valence-electron chi connectivity index (χ4n) is 5.35. The van der Waals surface area contributed by atoms with Gasteiger partial charge in [0.2, 0.25) is 5.91 Å². The lowest BCUT2D eigenvalue weighted by molar-refractivity contribution is -0.130. The Balaban J connectivity index is 0.000000243. The first-order valence-corrected chi connectivity index (χ1v) is 12.9. The minimum Gasteiger partial charge on any atom is -0.482 e. The number of amides is 1. The van der Waals surface area contributed by atoms with Gasteiger partial charge in [-0.2, -0.15) is 13.9 Å². The van der Waals surface area contributed by atoms with Crippen molar-refractivity contribution in [2.24, 2.45) is 10.9 Å². The number of benzene rings is 1. The average Bonchev–Trinajstić information content (AvgIpc) is 3.47. The fraction of sp³-hybridized carbons (Fsp3) is 0.393. The van der Waals surface area contributed by atoms with Crippen molar-refractivity contribution in [2.75, 3.05) is 0 Å². The highest BCUT2D eigenvalue weighted by Gasteiger charge is 2.38. The second kappa shape index (κ2) is 12.1. The number of piperidine rings is 1. The van der Waals surface area contributed by atoms with Crippen molar-refractivity contribution in [1.82, 2.24) is 19.4 Å². The number of rotatable bonds is 7. The van der Waals surface area contributed by atoms with Crippen molar-refractivity contribution in [3.05, 3.63) is 66.8 Å². The third kappa shape index (κ3) is 5.97. The molecule has 5 rings (SSSR count). The molecule has 39 heavy (non-hydrogen) atoms. The molecule has 11 heteroatoms. The molecule has 2 fully saturated rings. The number of imidazole rings is 1. The van der Waals surface area contributed by atoms with Crippen molar-refractivity contribution in [2.45, 2.75) is 70.7 Å². The first-order valence-electron chi connectivity index (χ1n) is 12.9. The van der Waals surface area contributed by atoms with Gasteiger partial charge in [0, 0.05) is 23.8 Å². The number of nitrogens with one attached hydrogen (secondary N) is 1. The molecule has 2 aromatic heterocycles. The van der Waals surface area contributed by atoms with E-state index in [-0.39, 0.29) is 28.6 Å². The van der Waals surface area contributed by atoms with Crippen LogP contribution in [0.1, 0.15) is 69.9 Å². The molecule has 2 unspecified atom stereocenters. The van der Waals surface area contributed by atoms with E-state index in [1.807, 2.05) is 6.07 Å². The zero-order chi connectivity index (χ0) is 28.1. The molecule has 4 heterocycles. The lowest BCUT2D eigenvalue weighted by Gasteiger charge is -2.33. The zero-order valence-electron chi connectivity index (χ0n) is 22.1. The first-order chi connectivity index (χ1) is 18.7. The number of hydrazone groups is 1. The lowest BCUT2D eigenvalue weighted by Crippen LogP contribution is -2.43. The fourth-order valence-corrected chi connectivity index (χ4v) is 5.35. The number of nitrogens with zero attached hydrogens (tertiary/aromatic N) is 5. The minimum atomic E-state index is -2.78. The number of fused-ring (bicyclic) bond motifs is 3. The molecule has 9 nitrogen and oxygen atoms in total. The second-order valence-corrected chi connectivity index (χ2v) is 9.65. The molecule has 2 aliphatic heterocycles. The van der Waals surface area contributed by atoms with E-state index in [9.17, 15) is 13.6 Å². The van der Waals surface area contributed by atoms with Gasteiger partial charge >= 0.3 is 6.55 Å². The van der Waals surface area contributed by atoms with Gasteiger partial charge in [-0.15, -0.1) is 0 Å². The number of carbonyl (C=O) groups excluding carboxylic acids is 1. The normalized spacial score (nSPS) is 19.4. The highest BCUT2D eigenvalue weighted by atomic mass is 19.3. The van der Waals surface area contributed by atoms with Gasteiger partial charge in [-0.25, -0.2) is 4.98 Å². The molecule has 2 aliphatic rings. The van der Waals surface area contributed by atoms with Crippen LogP contribution in [0.4, 0.5) is 8.78 Å². The maximum atomic E-state index is 13.4. The van der Waals surface area contributed by atoms with Gasteiger partial charge in [-0.1, -0.05) is 12.6 Å². The Morgan fingerprint density at radius 1 is 1.23 bits per heavy atom. The van der Waals surface area contributed by atoms with Crippen LogP contribution in [0.2, 0.25) is 0 Å². The van der Waals surface area contributed by atoms with Crippen LogP contribution in [0.3, 0.4) is 0 Å². The second-order valence-electron chi connectivity index (χ2n) is 9.65. The van der Waals surface area contributed by atoms with E-state index in [2.05, 4.69) is 26.5 Å². The van der Waals surface area contributed by atoms with Gasteiger partial charge in [0.25, 0.3) is 0 Å². The molecule has 3 aromatic rings. The zero-order valence-corrected chi connectivity index (χ0v) is 22.1. The number of hydrogen-bond donors (Lipinski definition) is 2. The molecule has 0 aliphatic carbocycles. The number of pyridine rings is 1. The Labute approximate surface area is 225 Å². The van der Waals surface area contributed by atoms with Crippen LogP contribution in [0, 0.1) is 5.41 Å². The van der Waals surface area contributed by atoms with Crippen LogP contribution in [-0.4, -0.2) is 48.8 Å². The van der Waals surface area contributed by atoms with Gasteiger partial charge in [-0.3, -0.25) is 14.3 Å². The topological polar surface area (TPSA) is 122 Å². The lowest BCUT2D eigenvalue weighted by atomic mass is 10.0. The van der Waals surface area contributed by atoms with Gasteiger partial charge < -0.3 is 20.9 Å². The van der Waals surface area contributed by atoms with Crippen LogP contribution in [0.25, 0.3) is 11.0 Å². The molecule has 206 valence electrons. The Hall–Kier alpha value is -4.15. The van der Waals surface area contributed by atoms with E-state index in [0.29, 0.717) is 28.9 Å². The molecular weight excluding hydrogens is 504 g/mol. The summed E-state index contributed by atoms with van der Waals surface area (Å²) in [6, 6.07) is 9.53. The van der Waals surface area contributed by atoms with Crippen LogP contribution in [0.5, 0.6) is 5.75 Å². The van der Waals surface area contributed by atoms with Gasteiger partial charge in [0.1, 0.15) is 29.4 Å². The SMILES string of the molecule is C=CC(=O)N1C2CCCC1CC2.CC(=N)/C(=N\N)c1cc(O[C@H](C)c2ccccn2)c2c(c1)ncn2C(F)F. The smallest absolute Gasteiger partial charge is 0.320 e. The maximum Gasteiger partial charge on any atom is 0.320 e. The summed E-state index contributed by atoms with van der Waals surface area (Å²) in [6.07, 6.45) is 9.77. The van der Waals surface area contributed by atoms with Crippen molar-refractivity contribution in [1.29, 1.82) is 5.41 Å². The van der Waals surface area contributed by atoms with Crippen LogP contribution >= 0.6 is 0 Å². The summed E-state index contributed by atoms with van der Waals surface area (Å²) in [5.74, 6) is 5.72. The average molecular weight is 538 g/mol. The summed E-state index contributed by atoms with van der Waals surface area (Å²) in [4.78, 5) is 21.8. The van der Waals surface area contributed by atoms with E-state index in [1.54, 1.807) is 31.3 Å². The molecule has 1 aromatic carbocycles. The Kier molecular flexibility index (Phi) is 8.68. The monoisotopic (exact) mass is 537 g/mol. The molecule has 2 saturated heterocycles. The van der Waals surface area contributed by atoms with E-state index in [0.717, 1.165) is 10.9 Å². The summed E-state index contributed by atoms with van der Waals surface area (Å²) < 4.78 is 33.5. The minimum absolute atomic E-state index is 0.133. The molecule has 0 radical (unpaired) electrons. The highest BCUT2D eigenvalue weighted by molar-refractivity contribution is 6.46. The van der Waals surface area contributed by atoms with Crippen molar-refractivity contribution in [3.63, 3.8) is 0 Å². The Morgan fingerprint density at radius 2 is 1.95 bits per heavy atom. The summed E-state index contributed by atoms with van der Waals surface area (Å²) in [5.41, 5.74) is 1.90. The number of ether oxygens (including phenoxy) is 1. The predicted octanol–water partition coefficient (Wildman–Crippen LogP) is 5.38. The summed E-state index contributed by atoms with van der Waals surface area (Å²) in [7, 11) is 0. The van der Waals surface area contributed by atoms with Crippen LogP contribution in [0.15, 0.2) is 60.6 Å². The summed E-state index contributed by atoms with van der Waals surface area (Å²) >= 11 is 0. The van der Waals surface area contributed by atoms with Gasteiger partial charge in [0.05, 0.1) is 16.9 Å².